The van der Waals surface area contributed by atoms with Crippen molar-refractivity contribution in [3.63, 3.8) is 0 Å². The Bertz CT molecular complexity index is 475. The molecule has 1 aromatic carbocycles. The van der Waals surface area contributed by atoms with Crippen LogP contribution in [0.2, 0.25) is 0 Å². The molecule has 0 bridgehead atoms. The van der Waals surface area contributed by atoms with Gasteiger partial charge in [0.1, 0.15) is 5.83 Å². The lowest BCUT2D eigenvalue weighted by atomic mass is 10.0. The molecule has 0 unspecified atom stereocenters. The lowest BCUT2D eigenvalue weighted by molar-refractivity contribution is 0.496. The molecule has 3 heteroatoms. The molecule has 0 aliphatic rings. The maximum atomic E-state index is 13.6. The summed E-state index contributed by atoms with van der Waals surface area (Å²) in [5.41, 5.74) is 1.40. The Morgan fingerprint density at radius 1 is 1.06 bits per heavy atom. The molecular formula is C14H13F3. The molecule has 0 radical (unpaired) electrons. The summed E-state index contributed by atoms with van der Waals surface area (Å²) in [4.78, 5) is 0. The molecule has 0 saturated heterocycles. The van der Waals surface area contributed by atoms with Gasteiger partial charge in [-0.3, -0.25) is 0 Å². The van der Waals surface area contributed by atoms with Crippen LogP contribution in [0.1, 0.15) is 18.1 Å². The monoisotopic (exact) mass is 238 g/mol. The van der Waals surface area contributed by atoms with Crippen molar-refractivity contribution in [3.8, 4) is 0 Å². The first-order chi connectivity index (χ1) is 7.97. The predicted molar refractivity (Wildman–Crippen MR) is 64.3 cm³/mol. The van der Waals surface area contributed by atoms with Crippen molar-refractivity contribution >= 4 is 5.57 Å². The quantitative estimate of drug-likeness (QED) is 0.648. The maximum absolute atomic E-state index is 13.6. The number of halogens is 3. The Balaban J connectivity index is 3.33. The van der Waals surface area contributed by atoms with Crippen molar-refractivity contribution < 1.29 is 13.2 Å². The second-order valence-corrected chi connectivity index (χ2v) is 3.65. The van der Waals surface area contributed by atoms with Crippen molar-refractivity contribution in [2.75, 3.05) is 0 Å². The zero-order valence-electron chi connectivity index (χ0n) is 9.73. The van der Waals surface area contributed by atoms with E-state index in [-0.39, 0.29) is 5.57 Å². The standard InChI is InChI=1S/C14H13F3/c1-4-12(14(17)13(16)10(3)15)11-7-5-9(2)6-8-11/h4-8H,1H2,2-3H3/b13-10-,14-12-. The largest absolute Gasteiger partial charge is 0.209 e. The summed E-state index contributed by atoms with van der Waals surface area (Å²) >= 11 is 0. The maximum Gasteiger partial charge on any atom is 0.190 e. The van der Waals surface area contributed by atoms with Gasteiger partial charge in [-0.15, -0.1) is 0 Å². The third-order valence-corrected chi connectivity index (χ3v) is 2.30. The van der Waals surface area contributed by atoms with Crippen molar-refractivity contribution in [2.45, 2.75) is 13.8 Å². The number of hydrogen-bond donors (Lipinski definition) is 0. The van der Waals surface area contributed by atoms with Crippen LogP contribution in [0.5, 0.6) is 0 Å². The van der Waals surface area contributed by atoms with Gasteiger partial charge in [-0.05, 0) is 19.4 Å². The summed E-state index contributed by atoms with van der Waals surface area (Å²) in [5, 5.41) is 0. The fourth-order valence-electron chi connectivity index (χ4n) is 1.34. The van der Waals surface area contributed by atoms with E-state index in [4.69, 9.17) is 0 Å². The minimum Gasteiger partial charge on any atom is -0.209 e. The van der Waals surface area contributed by atoms with Crippen LogP contribution in [0.25, 0.3) is 5.57 Å². The van der Waals surface area contributed by atoms with Gasteiger partial charge >= 0.3 is 0 Å². The number of allylic oxidation sites excluding steroid dienone is 5. The lowest BCUT2D eigenvalue weighted by Crippen LogP contribution is -1.88. The van der Waals surface area contributed by atoms with E-state index >= 15 is 0 Å². The Hall–Kier alpha value is -1.77. The van der Waals surface area contributed by atoms with Crippen molar-refractivity contribution in [1.82, 2.24) is 0 Å². The predicted octanol–water partition coefficient (Wildman–Crippen LogP) is 5.03. The number of aryl methyl sites for hydroxylation is 1. The van der Waals surface area contributed by atoms with Crippen LogP contribution < -0.4 is 0 Å². The van der Waals surface area contributed by atoms with Crippen molar-refractivity contribution in [3.05, 3.63) is 65.5 Å². The Morgan fingerprint density at radius 3 is 2.00 bits per heavy atom. The van der Waals surface area contributed by atoms with Crippen LogP contribution in [0, 0.1) is 6.92 Å². The molecule has 0 aromatic heterocycles. The van der Waals surface area contributed by atoms with Gasteiger partial charge in [0, 0.05) is 5.57 Å². The van der Waals surface area contributed by atoms with E-state index in [1.165, 1.54) is 6.08 Å². The molecule has 0 spiro atoms. The SMILES string of the molecule is C=C/C(=C(F)\C(F)=C(/C)F)c1ccc(C)cc1. The van der Waals surface area contributed by atoms with Crippen LogP contribution in [0.15, 0.2) is 54.4 Å². The van der Waals surface area contributed by atoms with Gasteiger partial charge in [0.15, 0.2) is 11.7 Å². The highest BCUT2D eigenvalue weighted by Crippen LogP contribution is 2.28. The summed E-state index contributed by atoms with van der Waals surface area (Å²) in [6.45, 7) is 6.16. The van der Waals surface area contributed by atoms with E-state index in [9.17, 15) is 13.2 Å². The van der Waals surface area contributed by atoms with Gasteiger partial charge in [-0.1, -0.05) is 42.5 Å². The van der Waals surface area contributed by atoms with E-state index in [2.05, 4.69) is 6.58 Å². The van der Waals surface area contributed by atoms with Gasteiger partial charge in [0.05, 0.1) is 0 Å². The third kappa shape index (κ3) is 3.09. The molecular weight excluding hydrogens is 225 g/mol. The van der Waals surface area contributed by atoms with E-state index in [0.717, 1.165) is 12.5 Å². The summed E-state index contributed by atoms with van der Waals surface area (Å²) < 4.78 is 39.4. The van der Waals surface area contributed by atoms with Gasteiger partial charge < -0.3 is 0 Å². The van der Waals surface area contributed by atoms with Crippen LogP contribution in [-0.2, 0) is 0 Å². The second kappa shape index (κ2) is 5.53. The van der Waals surface area contributed by atoms with Crippen LogP contribution in [-0.4, -0.2) is 0 Å². The summed E-state index contributed by atoms with van der Waals surface area (Å²) in [6, 6.07) is 6.78. The molecule has 0 amide bonds. The summed E-state index contributed by atoms with van der Waals surface area (Å²) in [7, 11) is 0. The molecule has 0 heterocycles. The number of hydrogen-bond acceptors (Lipinski definition) is 0. The molecule has 0 atom stereocenters. The van der Waals surface area contributed by atoms with Crippen molar-refractivity contribution in [1.29, 1.82) is 0 Å². The average Bonchev–Trinajstić information content (AvgIpc) is 2.31. The fourth-order valence-corrected chi connectivity index (χ4v) is 1.34. The van der Waals surface area contributed by atoms with Crippen LogP contribution in [0.3, 0.4) is 0 Å². The molecule has 90 valence electrons. The van der Waals surface area contributed by atoms with Gasteiger partial charge in [0.2, 0.25) is 0 Å². The minimum absolute atomic E-state index is 0.0560. The molecule has 0 aliphatic heterocycles. The van der Waals surface area contributed by atoms with Crippen LogP contribution >= 0.6 is 0 Å². The summed E-state index contributed by atoms with van der Waals surface area (Å²) in [6.07, 6.45) is 1.17. The topological polar surface area (TPSA) is 0 Å². The second-order valence-electron chi connectivity index (χ2n) is 3.65. The smallest absolute Gasteiger partial charge is 0.190 e. The molecule has 0 N–H and O–H groups in total. The minimum atomic E-state index is -1.49. The lowest BCUT2D eigenvalue weighted by Gasteiger charge is -2.05. The van der Waals surface area contributed by atoms with Gasteiger partial charge in [0.25, 0.3) is 0 Å². The first-order valence-corrected chi connectivity index (χ1v) is 5.09. The molecule has 0 nitrogen and oxygen atoms in total. The molecule has 1 aromatic rings. The van der Waals surface area contributed by atoms with E-state index in [1.54, 1.807) is 24.3 Å². The average molecular weight is 238 g/mol. The molecule has 17 heavy (non-hydrogen) atoms. The normalized spacial score (nSPS) is 13.9. The summed E-state index contributed by atoms with van der Waals surface area (Å²) in [5.74, 6) is -3.90. The molecule has 0 saturated carbocycles. The fraction of sp³-hybridized carbons (Fsp3) is 0.143. The van der Waals surface area contributed by atoms with Crippen LogP contribution in [0.4, 0.5) is 13.2 Å². The van der Waals surface area contributed by atoms with E-state index in [1.807, 2.05) is 6.92 Å². The Labute approximate surface area is 98.8 Å². The first-order valence-electron chi connectivity index (χ1n) is 5.09. The highest BCUT2D eigenvalue weighted by Gasteiger charge is 2.14. The zero-order chi connectivity index (χ0) is 13.0. The van der Waals surface area contributed by atoms with E-state index in [0.29, 0.717) is 5.56 Å². The first kappa shape index (κ1) is 13.3. The van der Waals surface area contributed by atoms with E-state index < -0.39 is 17.5 Å². The van der Waals surface area contributed by atoms with Gasteiger partial charge in [-0.2, -0.15) is 0 Å². The molecule has 0 aliphatic carbocycles. The number of benzene rings is 1. The zero-order valence-corrected chi connectivity index (χ0v) is 9.73. The third-order valence-electron chi connectivity index (χ3n) is 2.30. The Morgan fingerprint density at radius 2 is 1.59 bits per heavy atom. The molecule has 1 rings (SSSR count). The molecule has 0 fully saturated rings. The van der Waals surface area contributed by atoms with Gasteiger partial charge in [-0.25, -0.2) is 13.2 Å². The highest BCUT2D eigenvalue weighted by molar-refractivity contribution is 5.77. The van der Waals surface area contributed by atoms with Crippen molar-refractivity contribution in [2.24, 2.45) is 0 Å². The highest BCUT2D eigenvalue weighted by atomic mass is 19.2. The Kier molecular flexibility index (Phi) is 4.32. The number of rotatable bonds is 3.